The Balaban J connectivity index is 1.62. The lowest BCUT2D eigenvalue weighted by Crippen LogP contribution is -2.28. The molecule has 3 heteroatoms. The van der Waals surface area contributed by atoms with Crippen molar-refractivity contribution in [3.05, 3.63) is 101 Å². The third-order valence-corrected chi connectivity index (χ3v) is 7.87. The fraction of sp³-hybridized carbons (Fsp3) is 0.323. The molecule has 3 aromatic rings. The molecule has 1 unspecified atom stereocenters. The highest BCUT2D eigenvalue weighted by molar-refractivity contribution is 7.99. The minimum Gasteiger partial charge on any atom is -0.342 e. The van der Waals surface area contributed by atoms with Crippen molar-refractivity contribution in [3.63, 3.8) is 0 Å². The number of rotatable bonds is 7. The van der Waals surface area contributed by atoms with Crippen LogP contribution in [0.4, 0.5) is 0 Å². The highest BCUT2D eigenvalue weighted by Crippen LogP contribution is 2.40. The zero-order chi connectivity index (χ0) is 24.1. The van der Waals surface area contributed by atoms with Gasteiger partial charge in [0.15, 0.2) is 0 Å². The zero-order valence-electron chi connectivity index (χ0n) is 20.8. The van der Waals surface area contributed by atoms with Crippen LogP contribution < -0.4 is 0 Å². The summed E-state index contributed by atoms with van der Waals surface area (Å²) in [6, 6.07) is 23.6. The molecule has 176 valence electrons. The van der Waals surface area contributed by atoms with Gasteiger partial charge in [0.2, 0.25) is 0 Å². The zero-order valence-corrected chi connectivity index (χ0v) is 21.6. The molecule has 0 radical (unpaired) electrons. The van der Waals surface area contributed by atoms with E-state index in [2.05, 4.69) is 87.5 Å². The van der Waals surface area contributed by atoms with E-state index in [4.69, 9.17) is 0 Å². The van der Waals surface area contributed by atoms with Crippen LogP contribution in [-0.2, 0) is 6.42 Å². The van der Waals surface area contributed by atoms with Gasteiger partial charge in [0.25, 0.3) is 5.91 Å². The number of benzene rings is 3. The first-order valence-corrected chi connectivity index (χ1v) is 13.2. The maximum Gasteiger partial charge on any atom is 0.253 e. The number of amides is 1. The van der Waals surface area contributed by atoms with Crippen molar-refractivity contribution in [2.75, 3.05) is 13.6 Å². The average Bonchev–Trinajstić information content (AvgIpc) is 2.83. The van der Waals surface area contributed by atoms with E-state index in [1.165, 1.54) is 50.5 Å². The first-order valence-electron chi connectivity index (χ1n) is 12.4. The first-order chi connectivity index (χ1) is 16.5. The first kappa shape index (κ1) is 24.3. The summed E-state index contributed by atoms with van der Waals surface area (Å²) in [7, 11) is 1.93. The van der Waals surface area contributed by atoms with E-state index in [0.29, 0.717) is 5.92 Å². The summed E-state index contributed by atoms with van der Waals surface area (Å²) in [6.07, 6.45) is 6.60. The van der Waals surface area contributed by atoms with Crippen molar-refractivity contribution in [3.8, 4) is 0 Å². The predicted molar refractivity (Wildman–Crippen MR) is 145 cm³/mol. The molecule has 2 nitrogen and oxygen atoms in total. The predicted octanol–water partition coefficient (Wildman–Crippen LogP) is 8.03. The molecule has 0 aliphatic carbocycles. The maximum atomic E-state index is 13.2. The second-order valence-electron chi connectivity index (χ2n) is 9.52. The fourth-order valence-electron chi connectivity index (χ4n) is 4.57. The summed E-state index contributed by atoms with van der Waals surface area (Å²) < 4.78 is 0. The Morgan fingerprint density at radius 3 is 2.53 bits per heavy atom. The standard InChI is InChI=1S/C31H35NOS/c1-5-8-22(2)19-20-32(4)31(33)26-16-18-29-25(21-26)15-17-27(24-13-11-23(3)12-14-24)28-9-6-7-10-30(28)34-29/h6-7,9-14,16-18,21-22H,5,8,15,19-20H2,1-4H3/b27-17-. The SMILES string of the molecule is CCCC(C)CCN(C)C(=O)c1ccc2c(c1)C/C=C(/c1ccc(C)cc1)c1ccccc1S2. The van der Waals surface area contributed by atoms with E-state index in [0.717, 1.165) is 24.9 Å². The Kier molecular flexibility index (Phi) is 7.95. The molecule has 1 aliphatic heterocycles. The number of carbonyl (C=O) groups is 1. The third-order valence-electron chi connectivity index (χ3n) is 6.68. The molecule has 3 aromatic carbocycles. The van der Waals surface area contributed by atoms with Crippen LogP contribution >= 0.6 is 11.8 Å². The number of nitrogens with zero attached hydrogens (tertiary/aromatic N) is 1. The highest BCUT2D eigenvalue weighted by atomic mass is 32.2. The van der Waals surface area contributed by atoms with Crippen LogP contribution in [0.25, 0.3) is 5.57 Å². The van der Waals surface area contributed by atoms with Gasteiger partial charge in [-0.1, -0.05) is 92.6 Å². The Bertz CT molecular complexity index is 1180. The van der Waals surface area contributed by atoms with Crippen LogP contribution in [0.2, 0.25) is 0 Å². The van der Waals surface area contributed by atoms with Gasteiger partial charge < -0.3 is 4.90 Å². The molecule has 1 amide bonds. The van der Waals surface area contributed by atoms with E-state index in [1.807, 2.05) is 18.0 Å². The summed E-state index contributed by atoms with van der Waals surface area (Å²) in [6.45, 7) is 7.42. The number of allylic oxidation sites excluding steroid dienone is 1. The normalized spacial score (nSPS) is 15.2. The van der Waals surface area contributed by atoms with Crippen molar-refractivity contribution >= 4 is 23.2 Å². The monoisotopic (exact) mass is 469 g/mol. The largest absolute Gasteiger partial charge is 0.342 e. The summed E-state index contributed by atoms with van der Waals surface area (Å²) in [5.74, 6) is 0.763. The van der Waals surface area contributed by atoms with Crippen molar-refractivity contribution in [1.82, 2.24) is 4.90 Å². The van der Waals surface area contributed by atoms with Crippen LogP contribution in [0.5, 0.6) is 0 Å². The highest BCUT2D eigenvalue weighted by Gasteiger charge is 2.19. The Labute approximate surface area is 209 Å². The molecule has 34 heavy (non-hydrogen) atoms. The van der Waals surface area contributed by atoms with E-state index in [1.54, 1.807) is 11.8 Å². The van der Waals surface area contributed by atoms with E-state index >= 15 is 0 Å². The molecule has 0 fully saturated rings. The van der Waals surface area contributed by atoms with E-state index in [-0.39, 0.29) is 5.91 Å². The second kappa shape index (κ2) is 11.1. The molecule has 1 heterocycles. The molecule has 0 spiro atoms. The molecule has 0 aromatic heterocycles. The number of hydrogen-bond donors (Lipinski definition) is 0. The number of fused-ring (bicyclic) bond motifs is 2. The van der Waals surface area contributed by atoms with Crippen LogP contribution in [0.3, 0.4) is 0 Å². The number of aryl methyl sites for hydroxylation is 1. The lowest BCUT2D eigenvalue weighted by molar-refractivity contribution is 0.0787. The van der Waals surface area contributed by atoms with Gasteiger partial charge in [-0.2, -0.15) is 0 Å². The molecule has 0 N–H and O–H groups in total. The summed E-state index contributed by atoms with van der Waals surface area (Å²) >= 11 is 1.80. The number of carbonyl (C=O) groups excluding carboxylic acids is 1. The fourth-order valence-corrected chi connectivity index (χ4v) is 5.65. The molecule has 0 bridgehead atoms. The topological polar surface area (TPSA) is 20.3 Å². The molecular weight excluding hydrogens is 434 g/mol. The van der Waals surface area contributed by atoms with Gasteiger partial charge in [-0.05, 0) is 72.2 Å². The Hall–Kier alpha value is -2.78. The van der Waals surface area contributed by atoms with Gasteiger partial charge in [0.1, 0.15) is 0 Å². The Morgan fingerprint density at radius 2 is 1.76 bits per heavy atom. The van der Waals surface area contributed by atoms with Crippen molar-refractivity contribution in [1.29, 1.82) is 0 Å². The van der Waals surface area contributed by atoms with Gasteiger partial charge in [-0.3, -0.25) is 4.79 Å². The minimum absolute atomic E-state index is 0.113. The second-order valence-corrected chi connectivity index (χ2v) is 10.6. The van der Waals surface area contributed by atoms with E-state index < -0.39 is 0 Å². The minimum atomic E-state index is 0.113. The van der Waals surface area contributed by atoms with Crippen LogP contribution in [0, 0.1) is 12.8 Å². The van der Waals surface area contributed by atoms with Crippen LogP contribution in [0.1, 0.15) is 65.7 Å². The van der Waals surface area contributed by atoms with Crippen molar-refractivity contribution in [2.45, 2.75) is 56.2 Å². The maximum absolute atomic E-state index is 13.2. The van der Waals surface area contributed by atoms with Gasteiger partial charge >= 0.3 is 0 Å². The lowest BCUT2D eigenvalue weighted by Gasteiger charge is -2.21. The molecule has 0 saturated carbocycles. The average molecular weight is 470 g/mol. The summed E-state index contributed by atoms with van der Waals surface area (Å²) in [5, 5.41) is 0. The molecular formula is C31H35NOS. The molecule has 1 aliphatic rings. The Morgan fingerprint density at radius 1 is 1.00 bits per heavy atom. The van der Waals surface area contributed by atoms with Crippen molar-refractivity contribution in [2.24, 2.45) is 5.92 Å². The van der Waals surface area contributed by atoms with Gasteiger partial charge in [-0.25, -0.2) is 0 Å². The molecule has 1 atom stereocenters. The van der Waals surface area contributed by atoms with Crippen molar-refractivity contribution < 1.29 is 4.79 Å². The van der Waals surface area contributed by atoms with Crippen LogP contribution in [-0.4, -0.2) is 24.4 Å². The quantitative estimate of drug-likeness (QED) is 0.349. The number of hydrogen-bond acceptors (Lipinski definition) is 2. The summed E-state index contributed by atoms with van der Waals surface area (Å²) in [4.78, 5) is 17.5. The van der Waals surface area contributed by atoms with E-state index in [9.17, 15) is 4.79 Å². The lowest BCUT2D eigenvalue weighted by atomic mass is 9.94. The molecule has 4 rings (SSSR count). The van der Waals surface area contributed by atoms with Gasteiger partial charge in [0.05, 0.1) is 0 Å². The smallest absolute Gasteiger partial charge is 0.253 e. The third kappa shape index (κ3) is 5.64. The van der Waals surface area contributed by atoms with Gasteiger partial charge in [0, 0.05) is 28.9 Å². The van der Waals surface area contributed by atoms with Gasteiger partial charge in [-0.15, -0.1) is 0 Å². The molecule has 0 saturated heterocycles. The summed E-state index contributed by atoms with van der Waals surface area (Å²) in [5.41, 5.74) is 7.01. The van der Waals surface area contributed by atoms with Crippen LogP contribution in [0.15, 0.2) is 82.6 Å².